The van der Waals surface area contributed by atoms with E-state index in [1.807, 2.05) is 32.0 Å². The highest BCUT2D eigenvalue weighted by Gasteiger charge is 2.11. The summed E-state index contributed by atoms with van der Waals surface area (Å²) in [6.45, 7) is 3.95. The van der Waals surface area contributed by atoms with Crippen LogP contribution in [0.3, 0.4) is 0 Å². The van der Waals surface area contributed by atoms with Crippen molar-refractivity contribution in [2.45, 2.75) is 19.0 Å². The number of H-pyrrole nitrogens is 1. The van der Waals surface area contributed by atoms with E-state index in [0.717, 1.165) is 23.0 Å². The van der Waals surface area contributed by atoms with Crippen molar-refractivity contribution in [2.75, 3.05) is 11.1 Å². The summed E-state index contributed by atoms with van der Waals surface area (Å²) in [5.41, 5.74) is 2.59. The zero-order valence-electron chi connectivity index (χ0n) is 12.5. The van der Waals surface area contributed by atoms with Crippen LogP contribution in [0.4, 0.5) is 5.69 Å². The largest absolute Gasteiger partial charge is 0.325 e. The summed E-state index contributed by atoms with van der Waals surface area (Å²) in [5.74, 6) is 0.257. The molecule has 1 amide bonds. The molecule has 0 aliphatic heterocycles. The summed E-state index contributed by atoms with van der Waals surface area (Å²) in [5, 5.41) is 14.9. The van der Waals surface area contributed by atoms with Gasteiger partial charge >= 0.3 is 0 Å². The Kier molecular flexibility index (Phi) is 4.11. The molecule has 1 aromatic carbocycles. The van der Waals surface area contributed by atoms with Crippen molar-refractivity contribution >= 4 is 29.1 Å². The van der Waals surface area contributed by atoms with Gasteiger partial charge in [0.1, 0.15) is 6.20 Å². The van der Waals surface area contributed by atoms with E-state index in [1.54, 1.807) is 0 Å². The number of aromatic nitrogens is 5. The minimum absolute atomic E-state index is 0.150. The van der Waals surface area contributed by atoms with Crippen LogP contribution in [0.25, 0.3) is 5.78 Å². The van der Waals surface area contributed by atoms with Crippen molar-refractivity contribution in [3.05, 3.63) is 45.9 Å². The third kappa shape index (κ3) is 3.39. The quantitative estimate of drug-likeness (QED) is 0.696. The van der Waals surface area contributed by atoms with Crippen LogP contribution in [0.5, 0.6) is 0 Å². The van der Waals surface area contributed by atoms with E-state index in [-0.39, 0.29) is 23.0 Å². The summed E-state index contributed by atoms with van der Waals surface area (Å²) in [6.07, 6.45) is 1.14. The maximum Gasteiger partial charge on any atom is 0.271 e. The number of anilines is 1. The third-order valence-corrected chi connectivity index (χ3v) is 4.05. The Hall–Kier alpha value is -2.68. The first-order valence-corrected chi connectivity index (χ1v) is 7.82. The minimum atomic E-state index is -0.353. The van der Waals surface area contributed by atoms with E-state index < -0.39 is 0 Å². The lowest BCUT2D eigenvalue weighted by Gasteiger charge is -2.08. The molecule has 0 saturated heterocycles. The number of hydrogen-bond donors (Lipinski definition) is 2. The molecule has 2 N–H and O–H groups in total. The number of aryl methyl sites for hydroxylation is 2. The van der Waals surface area contributed by atoms with Gasteiger partial charge in [-0.05, 0) is 25.5 Å². The fraction of sp³-hybridized carbons (Fsp3) is 0.214. The first kappa shape index (κ1) is 15.2. The Morgan fingerprint density at radius 1 is 1.35 bits per heavy atom. The second-order valence-electron chi connectivity index (χ2n) is 5.01. The number of carbonyl (C=O) groups excluding carboxylic acids is 1. The molecule has 118 valence electrons. The molecule has 0 spiro atoms. The van der Waals surface area contributed by atoms with Gasteiger partial charge in [-0.1, -0.05) is 29.5 Å². The number of nitrogens with zero attached hydrogens (tertiary/aromatic N) is 4. The molecule has 0 saturated carbocycles. The molecule has 23 heavy (non-hydrogen) atoms. The molecule has 0 fully saturated rings. The Labute approximate surface area is 135 Å². The van der Waals surface area contributed by atoms with Crippen molar-refractivity contribution < 1.29 is 4.79 Å². The number of rotatable bonds is 4. The van der Waals surface area contributed by atoms with Crippen LogP contribution in [0.1, 0.15) is 11.1 Å². The Morgan fingerprint density at radius 3 is 2.96 bits per heavy atom. The van der Waals surface area contributed by atoms with E-state index in [9.17, 15) is 9.59 Å². The molecule has 9 heteroatoms. The lowest BCUT2D eigenvalue weighted by Crippen LogP contribution is -2.15. The van der Waals surface area contributed by atoms with Gasteiger partial charge in [-0.2, -0.15) is 9.61 Å². The number of hydrogen-bond acceptors (Lipinski definition) is 6. The molecule has 2 aromatic heterocycles. The van der Waals surface area contributed by atoms with Crippen LogP contribution in [0.2, 0.25) is 0 Å². The average Bonchev–Trinajstić information content (AvgIpc) is 2.90. The van der Waals surface area contributed by atoms with E-state index in [4.69, 9.17) is 0 Å². The fourth-order valence-electron chi connectivity index (χ4n) is 2.06. The van der Waals surface area contributed by atoms with Gasteiger partial charge in [0, 0.05) is 5.69 Å². The first-order chi connectivity index (χ1) is 11.0. The average molecular weight is 330 g/mol. The topological polar surface area (TPSA) is 105 Å². The van der Waals surface area contributed by atoms with Gasteiger partial charge in [-0.3, -0.25) is 14.6 Å². The highest BCUT2D eigenvalue weighted by atomic mass is 32.2. The Morgan fingerprint density at radius 2 is 2.17 bits per heavy atom. The SMILES string of the molecule is Cc1ccc(NC(=O)CSc2nnc3[nH]c(=O)cnn23)c(C)c1. The summed E-state index contributed by atoms with van der Waals surface area (Å²) in [7, 11) is 0. The number of amides is 1. The van der Waals surface area contributed by atoms with Crippen molar-refractivity contribution in [3.8, 4) is 0 Å². The van der Waals surface area contributed by atoms with Crippen LogP contribution in [0, 0.1) is 13.8 Å². The normalized spacial score (nSPS) is 10.9. The van der Waals surface area contributed by atoms with Crippen LogP contribution >= 0.6 is 11.8 Å². The highest BCUT2D eigenvalue weighted by molar-refractivity contribution is 7.99. The van der Waals surface area contributed by atoms with Crippen LogP contribution < -0.4 is 10.9 Å². The monoisotopic (exact) mass is 330 g/mol. The molecule has 0 aliphatic rings. The molecule has 3 aromatic rings. The van der Waals surface area contributed by atoms with Gasteiger partial charge in [0.2, 0.25) is 11.1 Å². The van der Waals surface area contributed by atoms with Gasteiger partial charge < -0.3 is 5.32 Å². The van der Waals surface area contributed by atoms with Crippen molar-refractivity contribution in [3.63, 3.8) is 0 Å². The second-order valence-corrected chi connectivity index (χ2v) is 5.95. The number of fused-ring (bicyclic) bond motifs is 1. The van der Waals surface area contributed by atoms with E-state index in [0.29, 0.717) is 5.16 Å². The summed E-state index contributed by atoms with van der Waals surface area (Å²) in [4.78, 5) is 25.7. The van der Waals surface area contributed by atoms with Crippen LogP contribution in [0.15, 0.2) is 34.3 Å². The maximum absolute atomic E-state index is 12.1. The molecule has 3 rings (SSSR count). The molecule has 2 heterocycles. The molecular formula is C14H14N6O2S. The van der Waals surface area contributed by atoms with Gasteiger partial charge in [0.05, 0.1) is 5.75 Å². The molecule has 0 unspecified atom stereocenters. The predicted molar refractivity (Wildman–Crippen MR) is 86.7 cm³/mol. The number of nitrogens with one attached hydrogen (secondary N) is 2. The second kappa shape index (κ2) is 6.21. The number of thioether (sulfide) groups is 1. The predicted octanol–water partition coefficient (Wildman–Crippen LogP) is 1.16. The summed E-state index contributed by atoms with van der Waals surface area (Å²) < 4.78 is 1.39. The Balaban J connectivity index is 1.67. The van der Waals surface area contributed by atoms with Crippen molar-refractivity contribution in [2.24, 2.45) is 0 Å². The smallest absolute Gasteiger partial charge is 0.271 e. The molecule has 8 nitrogen and oxygen atoms in total. The maximum atomic E-state index is 12.1. The zero-order valence-corrected chi connectivity index (χ0v) is 13.3. The number of aromatic amines is 1. The third-order valence-electron chi connectivity index (χ3n) is 3.13. The summed E-state index contributed by atoms with van der Waals surface area (Å²) in [6, 6.07) is 5.84. The Bertz CT molecular complexity index is 932. The van der Waals surface area contributed by atoms with E-state index in [2.05, 4.69) is 25.6 Å². The van der Waals surface area contributed by atoms with Gasteiger partial charge in [-0.15, -0.1) is 10.2 Å². The number of benzene rings is 1. The van der Waals surface area contributed by atoms with Crippen molar-refractivity contribution in [1.82, 2.24) is 24.8 Å². The lowest BCUT2D eigenvalue weighted by molar-refractivity contribution is -0.113. The standard InChI is InChI=1S/C14H14N6O2S/c1-8-3-4-10(9(2)5-8)16-12(22)7-23-14-19-18-13-17-11(21)6-15-20(13)14/h3-6H,7H2,1-2H3,(H,16,22)(H,17,18,21). The summed E-state index contributed by atoms with van der Waals surface area (Å²) >= 11 is 1.19. The zero-order chi connectivity index (χ0) is 16.4. The van der Waals surface area contributed by atoms with Crippen molar-refractivity contribution in [1.29, 1.82) is 0 Å². The van der Waals surface area contributed by atoms with Crippen LogP contribution in [-0.2, 0) is 4.79 Å². The number of carbonyl (C=O) groups is 1. The first-order valence-electron chi connectivity index (χ1n) is 6.83. The molecule has 0 radical (unpaired) electrons. The van der Waals surface area contributed by atoms with Gasteiger partial charge in [0.15, 0.2) is 0 Å². The van der Waals surface area contributed by atoms with Gasteiger partial charge in [-0.25, -0.2) is 0 Å². The molecule has 0 aliphatic carbocycles. The van der Waals surface area contributed by atoms with Gasteiger partial charge in [0.25, 0.3) is 11.3 Å². The minimum Gasteiger partial charge on any atom is -0.325 e. The highest BCUT2D eigenvalue weighted by Crippen LogP contribution is 2.18. The molecule has 0 atom stereocenters. The molecular weight excluding hydrogens is 316 g/mol. The van der Waals surface area contributed by atoms with E-state index in [1.165, 1.54) is 16.3 Å². The van der Waals surface area contributed by atoms with Crippen LogP contribution in [-0.4, -0.2) is 36.5 Å². The lowest BCUT2D eigenvalue weighted by atomic mass is 10.1. The fourth-order valence-corrected chi connectivity index (χ4v) is 2.75. The van der Waals surface area contributed by atoms with E-state index >= 15 is 0 Å². The molecule has 0 bridgehead atoms.